The van der Waals surface area contributed by atoms with E-state index in [9.17, 15) is 10.1 Å². The molecule has 0 unspecified atom stereocenters. The minimum absolute atomic E-state index is 0.122. The maximum atomic E-state index is 13.4. The van der Waals surface area contributed by atoms with Crippen LogP contribution in [0.3, 0.4) is 0 Å². The number of hydrogen-bond donors (Lipinski definition) is 1. The molecular weight excluding hydrogens is 464 g/mol. The van der Waals surface area contributed by atoms with Crippen LogP contribution in [-0.4, -0.2) is 49.1 Å². The molecule has 2 fully saturated rings. The van der Waals surface area contributed by atoms with Crippen molar-refractivity contribution in [2.75, 3.05) is 0 Å². The number of nitrogens with one attached hydrogen (secondary N) is 1. The summed E-state index contributed by atoms with van der Waals surface area (Å²) < 4.78 is 7.92. The molecule has 3 heterocycles. The molecule has 4 atom stereocenters. The Bertz CT molecular complexity index is 1360. The molecule has 0 radical (unpaired) electrons. The number of amides is 1. The topological polar surface area (TPSA) is 96.1 Å². The van der Waals surface area contributed by atoms with E-state index in [4.69, 9.17) is 4.74 Å². The number of carbonyl (C=O) groups is 1. The summed E-state index contributed by atoms with van der Waals surface area (Å²) in [6.07, 6.45) is 7.04. The number of aryl methyl sites for hydroxylation is 1. The number of benzene rings is 1. The zero-order valence-corrected chi connectivity index (χ0v) is 21.9. The largest absolute Gasteiger partial charge is 0.474 e. The molecule has 0 spiro atoms. The lowest BCUT2D eigenvalue weighted by Gasteiger charge is -2.39. The molecule has 5 rings (SSSR count). The fourth-order valence-corrected chi connectivity index (χ4v) is 5.72. The summed E-state index contributed by atoms with van der Waals surface area (Å²) in [6.45, 7) is 10.1. The zero-order chi connectivity index (χ0) is 26.3. The molecule has 1 N–H and O–H groups in total. The molecule has 1 aromatic carbocycles. The van der Waals surface area contributed by atoms with Crippen molar-refractivity contribution in [1.82, 2.24) is 24.8 Å². The van der Waals surface area contributed by atoms with Gasteiger partial charge in [-0.25, -0.2) is 9.97 Å². The molecule has 2 aliphatic rings. The Morgan fingerprint density at radius 3 is 2.70 bits per heavy atom. The van der Waals surface area contributed by atoms with Gasteiger partial charge in [0.2, 0.25) is 5.91 Å². The quantitative estimate of drug-likeness (QED) is 0.487. The van der Waals surface area contributed by atoms with E-state index in [1.165, 1.54) is 0 Å². The average Bonchev–Trinajstić information content (AvgIpc) is 3.57. The van der Waals surface area contributed by atoms with Gasteiger partial charge in [-0.2, -0.15) is 5.26 Å². The third-order valence-corrected chi connectivity index (χ3v) is 7.32. The second-order valence-electron chi connectivity index (χ2n) is 11.2. The van der Waals surface area contributed by atoms with E-state index in [1.807, 2.05) is 73.8 Å². The highest BCUT2D eigenvalue weighted by atomic mass is 16.5. The van der Waals surface area contributed by atoms with Crippen LogP contribution < -0.4 is 5.32 Å². The van der Waals surface area contributed by atoms with Gasteiger partial charge in [-0.3, -0.25) is 4.79 Å². The Hall–Kier alpha value is -3.86. The number of aromatic nitrogens is 3. The third kappa shape index (κ3) is 5.04. The van der Waals surface area contributed by atoms with Crippen molar-refractivity contribution in [3.05, 3.63) is 60.9 Å². The molecule has 1 saturated carbocycles. The summed E-state index contributed by atoms with van der Waals surface area (Å²) in [5, 5.41) is 12.8. The average molecular weight is 499 g/mol. The van der Waals surface area contributed by atoms with Crippen molar-refractivity contribution >= 4 is 17.1 Å². The van der Waals surface area contributed by atoms with Crippen molar-refractivity contribution in [3.63, 3.8) is 0 Å². The van der Waals surface area contributed by atoms with E-state index in [2.05, 4.69) is 27.9 Å². The van der Waals surface area contributed by atoms with E-state index in [0.717, 1.165) is 47.1 Å². The lowest BCUT2D eigenvalue weighted by molar-refractivity contribution is -0.130. The van der Waals surface area contributed by atoms with Gasteiger partial charge < -0.3 is 19.5 Å². The molecule has 1 amide bonds. The minimum atomic E-state index is -0.623. The first kappa shape index (κ1) is 24.8. The van der Waals surface area contributed by atoms with Crippen molar-refractivity contribution in [2.45, 2.75) is 70.2 Å². The first-order valence-corrected chi connectivity index (χ1v) is 12.9. The predicted octanol–water partition coefficient (Wildman–Crippen LogP) is 4.33. The summed E-state index contributed by atoms with van der Waals surface area (Å²) >= 11 is 0. The number of hydrogen-bond acceptors (Lipinski definition) is 6. The van der Waals surface area contributed by atoms with Crippen LogP contribution in [0.25, 0.3) is 22.3 Å². The van der Waals surface area contributed by atoms with Crippen molar-refractivity contribution in [2.24, 2.45) is 13.0 Å². The molecule has 1 aliphatic carbocycles. The van der Waals surface area contributed by atoms with Crippen molar-refractivity contribution in [1.29, 1.82) is 5.26 Å². The second-order valence-corrected chi connectivity index (χ2v) is 11.2. The Labute approximate surface area is 218 Å². The number of nitrogens with zero attached hydrogens (tertiary/aromatic N) is 5. The van der Waals surface area contributed by atoms with Crippen LogP contribution in [0.15, 0.2) is 55.3 Å². The van der Waals surface area contributed by atoms with Gasteiger partial charge in [0.05, 0.1) is 12.4 Å². The fraction of sp³-hybridized carbons (Fsp3) is 0.448. The van der Waals surface area contributed by atoms with E-state index >= 15 is 0 Å². The van der Waals surface area contributed by atoms with Gasteiger partial charge in [0.25, 0.3) is 0 Å². The Morgan fingerprint density at radius 2 is 2.00 bits per heavy atom. The number of imidazole rings is 1. The summed E-state index contributed by atoms with van der Waals surface area (Å²) in [5.41, 5.74) is 4.29. The highest BCUT2D eigenvalue weighted by molar-refractivity contribution is 5.83. The molecule has 1 aliphatic heterocycles. The Kier molecular flexibility index (Phi) is 6.40. The number of fused-ring (bicyclic) bond motifs is 3. The van der Waals surface area contributed by atoms with Crippen molar-refractivity contribution < 1.29 is 9.53 Å². The lowest BCUT2D eigenvalue weighted by atomic mass is 9.97. The minimum Gasteiger partial charge on any atom is -0.474 e. The maximum absolute atomic E-state index is 13.4. The third-order valence-electron chi connectivity index (χ3n) is 7.32. The van der Waals surface area contributed by atoms with Crippen LogP contribution in [0.2, 0.25) is 0 Å². The van der Waals surface area contributed by atoms with Gasteiger partial charge in [-0.05, 0) is 69.7 Å². The van der Waals surface area contributed by atoms with Crippen LogP contribution in [0.4, 0.5) is 0 Å². The van der Waals surface area contributed by atoms with Crippen LogP contribution in [-0.2, 0) is 23.0 Å². The monoisotopic (exact) mass is 498 g/mol. The molecule has 1 saturated heterocycles. The molecule has 192 valence electrons. The second kappa shape index (κ2) is 9.55. The van der Waals surface area contributed by atoms with Gasteiger partial charge in [0.1, 0.15) is 23.2 Å². The molecule has 3 aromatic rings. The molecule has 2 bridgehead atoms. The predicted molar refractivity (Wildman–Crippen MR) is 142 cm³/mol. The first-order valence-electron chi connectivity index (χ1n) is 12.9. The van der Waals surface area contributed by atoms with Gasteiger partial charge in [0, 0.05) is 31.3 Å². The molecule has 8 nitrogen and oxygen atoms in total. The number of carbonyl (C=O) groups excluding carboxylic acids is 1. The number of rotatable bonds is 7. The standard InChI is InChI=1S/C29H34N6O2/c1-18(37-29(2,3)4)35-24-11-10-21(13-24)26(35)28(36)33-23(15-30)12-19-6-8-20(9-7-19)22-14-25-27(31-16-22)34(5)17-32-25/h6-9,14,16-17,21,23-24,26H,1,10-13H2,2-5H3,(H,33,36)/t21-,23-,24+,26-/m0/s1. The molecule has 2 aromatic heterocycles. The van der Waals surface area contributed by atoms with Crippen LogP contribution in [0.1, 0.15) is 45.6 Å². The number of nitriles is 1. The number of ether oxygens (including phenoxy) is 1. The van der Waals surface area contributed by atoms with Gasteiger partial charge in [-0.15, -0.1) is 0 Å². The first-order chi connectivity index (χ1) is 17.6. The summed E-state index contributed by atoms with van der Waals surface area (Å²) in [4.78, 5) is 24.4. The van der Waals surface area contributed by atoms with Crippen molar-refractivity contribution in [3.8, 4) is 17.2 Å². The fourth-order valence-electron chi connectivity index (χ4n) is 5.72. The Balaban J connectivity index is 1.25. The number of likely N-dealkylation sites (tertiary alicyclic amines) is 1. The molecular formula is C29H34N6O2. The molecule has 8 heteroatoms. The van der Waals surface area contributed by atoms with Crippen LogP contribution >= 0.6 is 0 Å². The van der Waals surface area contributed by atoms with E-state index in [1.54, 1.807) is 6.33 Å². The van der Waals surface area contributed by atoms with Gasteiger partial charge >= 0.3 is 0 Å². The highest BCUT2D eigenvalue weighted by Crippen LogP contribution is 2.45. The molecule has 37 heavy (non-hydrogen) atoms. The number of pyridine rings is 1. The zero-order valence-electron chi connectivity index (χ0n) is 21.9. The highest BCUT2D eigenvalue weighted by Gasteiger charge is 2.50. The number of piperidine rings is 1. The maximum Gasteiger partial charge on any atom is 0.244 e. The SMILES string of the molecule is C=C(OC(C)(C)C)N1[C@@H]2CC[C@@H](C2)[C@H]1C(=O)N[C@H](C#N)Cc1ccc(-c2cnc3c(c2)ncn3C)cc1. The van der Waals surface area contributed by atoms with Crippen LogP contribution in [0.5, 0.6) is 0 Å². The summed E-state index contributed by atoms with van der Waals surface area (Å²) in [6, 6.07) is 11.6. The van der Waals surface area contributed by atoms with E-state index in [0.29, 0.717) is 12.3 Å². The summed E-state index contributed by atoms with van der Waals surface area (Å²) in [5.74, 6) is 0.681. The lowest BCUT2D eigenvalue weighted by Crippen LogP contribution is -2.52. The van der Waals surface area contributed by atoms with Gasteiger partial charge in [-0.1, -0.05) is 24.3 Å². The summed E-state index contributed by atoms with van der Waals surface area (Å²) in [7, 11) is 1.92. The van der Waals surface area contributed by atoms with Crippen LogP contribution in [0, 0.1) is 17.2 Å². The Morgan fingerprint density at radius 1 is 1.24 bits per heavy atom. The smallest absolute Gasteiger partial charge is 0.244 e. The van der Waals surface area contributed by atoms with E-state index in [-0.39, 0.29) is 29.5 Å². The van der Waals surface area contributed by atoms with E-state index < -0.39 is 6.04 Å². The normalized spacial score (nSPS) is 21.6. The van der Waals surface area contributed by atoms with Gasteiger partial charge in [0.15, 0.2) is 11.5 Å².